The van der Waals surface area contributed by atoms with E-state index in [0.717, 1.165) is 18.5 Å². The molecule has 0 atom stereocenters. The predicted molar refractivity (Wildman–Crippen MR) is 126 cm³/mol. The van der Waals surface area contributed by atoms with Crippen LogP contribution in [0.15, 0.2) is 65.7 Å². The van der Waals surface area contributed by atoms with Crippen LogP contribution in [0.5, 0.6) is 0 Å². The van der Waals surface area contributed by atoms with Crippen LogP contribution in [-0.2, 0) is 0 Å². The summed E-state index contributed by atoms with van der Waals surface area (Å²) < 4.78 is 36.5. The van der Waals surface area contributed by atoms with Crippen molar-refractivity contribution in [2.45, 2.75) is 23.8 Å². The Balaban J connectivity index is 1.41. The van der Waals surface area contributed by atoms with Gasteiger partial charge in [0.1, 0.15) is 11.6 Å². The van der Waals surface area contributed by atoms with E-state index >= 15 is 0 Å². The lowest BCUT2D eigenvalue weighted by Gasteiger charge is -2.46. The number of nitrogens with zero attached hydrogens (tertiary/aromatic N) is 3. The fourth-order valence-electron chi connectivity index (χ4n) is 3.57. The summed E-state index contributed by atoms with van der Waals surface area (Å²) in [5.74, 6) is 0.638. The Kier molecular flexibility index (Phi) is 6.87. The minimum Gasteiger partial charge on any atom is -0.340 e. The van der Waals surface area contributed by atoms with Crippen LogP contribution in [0.25, 0.3) is 0 Å². The van der Waals surface area contributed by atoms with E-state index in [2.05, 4.69) is 25.9 Å². The topological polar surface area (TPSA) is 106 Å². The highest BCUT2D eigenvalue weighted by atomic mass is 32.3. The van der Waals surface area contributed by atoms with E-state index < -0.39 is 10.8 Å². The molecular weight excluding hydrogens is 431 g/mol. The maximum atomic E-state index is 13.1. The van der Waals surface area contributed by atoms with Gasteiger partial charge in [-0.3, -0.25) is 9.11 Å². The SMILES string of the molecule is CNC1CCN(S(O)(O)c2ccc(Nc3nccc(Nc4ccc(F)cc4)n3)cc2)CC1. The third kappa shape index (κ3) is 5.34. The van der Waals surface area contributed by atoms with Gasteiger partial charge >= 0.3 is 0 Å². The van der Waals surface area contributed by atoms with Gasteiger partial charge in [-0.2, -0.15) is 4.98 Å². The Morgan fingerprint density at radius 2 is 1.56 bits per heavy atom. The molecule has 1 fully saturated rings. The van der Waals surface area contributed by atoms with Gasteiger partial charge in [0.2, 0.25) is 5.95 Å². The molecule has 0 amide bonds. The molecule has 1 aliphatic rings. The number of benzene rings is 2. The third-order valence-corrected chi connectivity index (χ3v) is 7.41. The van der Waals surface area contributed by atoms with Gasteiger partial charge in [0.05, 0.1) is 4.90 Å². The number of halogens is 1. The number of aromatic nitrogens is 2. The molecule has 5 N–H and O–H groups in total. The average molecular weight is 459 g/mol. The summed E-state index contributed by atoms with van der Waals surface area (Å²) in [6.45, 7) is 1.27. The Morgan fingerprint density at radius 1 is 0.938 bits per heavy atom. The molecule has 8 nitrogen and oxygen atoms in total. The van der Waals surface area contributed by atoms with Gasteiger partial charge in [-0.1, -0.05) is 0 Å². The molecule has 32 heavy (non-hydrogen) atoms. The van der Waals surface area contributed by atoms with Crippen LogP contribution >= 0.6 is 10.8 Å². The van der Waals surface area contributed by atoms with Gasteiger partial charge in [0.15, 0.2) is 0 Å². The number of anilines is 4. The van der Waals surface area contributed by atoms with Crippen LogP contribution < -0.4 is 16.0 Å². The van der Waals surface area contributed by atoms with E-state index in [1.165, 1.54) is 12.1 Å². The lowest BCUT2D eigenvalue weighted by molar-refractivity contribution is 0.271. The van der Waals surface area contributed by atoms with Crippen molar-refractivity contribution in [2.75, 3.05) is 30.8 Å². The van der Waals surface area contributed by atoms with Gasteiger partial charge < -0.3 is 16.0 Å². The van der Waals surface area contributed by atoms with Gasteiger partial charge in [-0.25, -0.2) is 13.7 Å². The molecule has 10 heteroatoms. The summed E-state index contributed by atoms with van der Waals surface area (Å²) in [6.07, 6.45) is 3.37. The largest absolute Gasteiger partial charge is 0.340 e. The number of rotatable bonds is 7. The number of nitrogens with one attached hydrogen (secondary N) is 3. The normalized spacial score (nSPS) is 16.0. The first-order chi connectivity index (χ1) is 15.4. The van der Waals surface area contributed by atoms with Crippen LogP contribution in [0.1, 0.15) is 12.8 Å². The molecule has 2 aromatic carbocycles. The highest BCUT2D eigenvalue weighted by Gasteiger charge is 2.29. The molecule has 4 rings (SSSR count). The van der Waals surface area contributed by atoms with Crippen LogP contribution in [0.3, 0.4) is 0 Å². The Hall–Kier alpha value is -2.76. The first kappa shape index (κ1) is 22.4. The summed E-state index contributed by atoms with van der Waals surface area (Å²) in [4.78, 5) is 9.12. The van der Waals surface area contributed by atoms with E-state index in [9.17, 15) is 13.5 Å². The van der Waals surface area contributed by atoms with Gasteiger partial charge in [0, 0.05) is 36.7 Å². The minimum atomic E-state index is -3.02. The zero-order chi connectivity index (χ0) is 22.6. The maximum Gasteiger partial charge on any atom is 0.229 e. The van der Waals surface area contributed by atoms with Crippen molar-refractivity contribution in [2.24, 2.45) is 0 Å². The van der Waals surface area contributed by atoms with Crippen LogP contribution in [-0.4, -0.2) is 49.6 Å². The molecule has 0 spiro atoms. The lowest BCUT2D eigenvalue weighted by Crippen LogP contribution is -2.42. The monoisotopic (exact) mass is 458 g/mol. The van der Waals surface area contributed by atoms with Crippen molar-refractivity contribution in [3.05, 3.63) is 66.6 Å². The highest BCUT2D eigenvalue weighted by Crippen LogP contribution is 2.52. The summed E-state index contributed by atoms with van der Waals surface area (Å²) in [5, 5.41) is 9.46. The average Bonchev–Trinajstić information content (AvgIpc) is 2.81. The van der Waals surface area contributed by atoms with Crippen molar-refractivity contribution >= 4 is 33.9 Å². The summed E-state index contributed by atoms with van der Waals surface area (Å²) in [5.41, 5.74) is 1.43. The minimum absolute atomic E-state index is 0.303. The van der Waals surface area contributed by atoms with Crippen molar-refractivity contribution in [3.8, 4) is 0 Å². The molecule has 0 saturated carbocycles. The smallest absolute Gasteiger partial charge is 0.229 e. The van der Waals surface area contributed by atoms with Crippen molar-refractivity contribution in [1.82, 2.24) is 19.6 Å². The molecule has 0 radical (unpaired) electrons. The van der Waals surface area contributed by atoms with Crippen molar-refractivity contribution in [1.29, 1.82) is 0 Å². The van der Waals surface area contributed by atoms with E-state index in [-0.39, 0.29) is 5.82 Å². The first-order valence-corrected chi connectivity index (χ1v) is 11.9. The van der Waals surface area contributed by atoms with Gasteiger partial charge in [-0.15, -0.1) is 10.8 Å². The Labute approximate surface area is 188 Å². The van der Waals surface area contributed by atoms with Gasteiger partial charge in [-0.05, 0) is 74.5 Å². The van der Waals surface area contributed by atoms with Crippen LogP contribution in [0, 0.1) is 5.82 Å². The molecule has 0 unspecified atom stereocenters. The Bertz CT molecular complexity index is 1030. The molecule has 2 heterocycles. The molecule has 0 aliphatic carbocycles. The van der Waals surface area contributed by atoms with Crippen LogP contribution in [0.4, 0.5) is 27.5 Å². The zero-order valence-electron chi connectivity index (χ0n) is 17.7. The first-order valence-electron chi connectivity index (χ1n) is 10.4. The molecule has 0 bridgehead atoms. The lowest BCUT2D eigenvalue weighted by atomic mass is 10.1. The zero-order valence-corrected chi connectivity index (χ0v) is 18.5. The van der Waals surface area contributed by atoms with E-state index in [0.29, 0.717) is 41.5 Å². The Morgan fingerprint density at radius 3 is 2.22 bits per heavy atom. The number of hydrogen-bond donors (Lipinski definition) is 5. The maximum absolute atomic E-state index is 13.1. The predicted octanol–water partition coefficient (Wildman–Crippen LogP) is 4.81. The summed E-state index contributed by atoms with van der Waals surface area (Å²) in [7, 11) is -1.09. The molecule has 1 aromatic heterocycles. The second kappa shape index (κ2) is 9.80. The standard InChI is InChI=1S/C22H27FN6O2S/c1-24-17-11-14-29(15-12-17)32(30,31)20-8-6-19(7-9-20)27-22-25-13-10-21(28-22)26-18-4-2-16(23)3-5-18/h2-10,13,17,24,30-31H,11-12,14-15H2,1H3,(H2,25,26,27,28). The molecule has 3 aromatic rings. The van der Waals surface area contributed by atoms with Crippen molar-refractivity contribution < 1.29 is 13.5 Å². The van der Waals surface area contributed by atoms with E-state index in [1.54, 1.807) is 53.0 Å². The number of piperidine rings is 1. The second-order valence-electron chi connectivity index (χ2n) is 7.56. The molecule has 170 valence electrons. The fourth-order valence-corrected chi connectivity index (χ4v) is 5.09. The highest BCUT2D eigenvalue weighted by molar-refractivity contribution is 8.22. The number of hydrogen-bond acceptors (Lipinski definition) is 8. The molecule has 1 aliphatic heterocycles. The molecule has 1 saturated heterocycles. The van der Waals surface area contributed by atoms with Gasteiger partial charge in [0.25, 0.3) is 0 Å². The van der Waals surface area contributed by atoms with E-state index in [4.69, 9.17) is 0 Å². The molecular formula is C22H27FN6O2S. The fraction of sp³-hybridized carbons (Fsp3) is 0.273. The summed E-state index contributed by atoms with van der Waals surface area (Å²) >= 11 is 0. The van der Waals surface area contributed by atoms with E-state index in [1.807, 2.05) is 7.05 Å². The van der Waals surface area contributed by atoms with Crippen molar-refractivity contribution in [3.63, 3.8) is 0 Å². The third-order valence-electron chi connectivity index (χ3n) is 5.42. The quantitative estimate of drug-likeness (QED) is 0.343. The summed E-state index contributed by atoms with van der Waals surface area (Å²) in [6, 6.07) is 15.1. The van der Waals surface area contributed by atoms with Crippen LogP contribution in [0.2, 0.25) is 0 Å². The second-order valence-corrected chi connectivity index (χ2v) is 9.58.